The fourth-order valence-electron chi connectivity index (χ4n) is 3.62. The van der Waals surface area contributed by atoms with Crippen LogP contribution in [-0.4, -0.2) is 6.04 Å². The maximum absolute atomic E-state index is 3.79. The molecule has 2 aliphatic carbocycles. The van der Waals surface area contributed by atoms with E-state index in [-0.39, 0.29) is 0 Å². The molecule has 0 bridgehead atoms. The predicted octanol–water partition coefficient (Wildman–Crippen LogP) is 7.11. The number of hydrogen-bond donors (Lipinski definition) is 1. The van der Waals surface area contributed by atoms with Crippen LogP contribution in [0.25, 0.3) is 0 Å². The van der Waals surface area contributed by atoms with E-state index >= 15 is 0 Å². The molecule has 1 heteroatoms. The van der Waals surface area contributed by atoms with Gasteiger partial charge in [-0.3, -0.25) is 0 Å². The van der Waals surface area contributed by atoms with Crippen molar-refractivity contribution in [3.8, 4) is 0 Å². The average Bonchev–Trinajstić information content (AvgIpc) is 3.15. The lowest BCUT2D eigenvalue weighted by Crippen LogP contribution is -2.24. The summed E-state index contributed by atoms with van der Waals surface area (Å²) in [5, 5.41) is 3.79. The second-order valence-corrected chi connectivity index (χ2v) is 6.99. The number of anilines is 1. The number of rotatable bonds is 3. The third-order valence-electron chi connectivity index (χ3n) is 4.98. The summed E-state index contributed by atoms with van der Waals surface area (Å²) in [5.41, 5.74) is 2.55. The molecule has 0 spiro atoms. The van der Waals surface area contributed by atoms with E-state index in [1.165, 1.54) is 24.8 Å². The van der Waals surface area contributed by atoms with E-state index in [0.717, 1.165) is 5.69 Å². The molecule has 2 unspecified atom stereocenters. The lowest BCUT2D eigenvalue weighted by Gasteiger charge is -2.23. The molecular formula is C27H29N. The highest BCUT2D eigenvalue weighted by Crippen LogP contribution is 2.34. The van der Waals surface area contributed by atoms with Crippen LogP contribution in [0.5, 0.6) is 0 Å². The highest BCUT2D eigenvalue weighted by Gasteiger charge is 2.28. The van der Waals surface area contributed by atoms with Gasteiger partial charge >= 0.3 is 0 Å². The number of allylic oxidation sites excluding steroid dienone is 11. The van der Waals surface area contributed by atoms with Crippen LogP contribution >= 0.6 is 0 Å². The molecule has 0 aliphatic heterocycles. The maximum Gasteiger partial charge on any atom is 0.0342 e. The van der Waals surface area contributed by atoms with Crippen molar-refractivity contribution in [2.45, 2.75) is 25.3 Å². The molecule has 1 fully saturated rings. The Morgan fingerprint density at radius 3 is 1.86 bits per heavy atom. The Morgan fingerprint density at radius 1 is 0.607 bits per heavy atom. The summed E-state index contributed by atoms with van der Waals surface area (Å²) >= 11 is 0. The molecule has 0 amide bonds. The molecule has 1 nitrogen and oxygen atoms in total. The van der Waals surface area contributed by atoms with Gasteiger partial charge in [0.15, 0.2) is 0 Å². The van der Waals surface area contributed by atoms with Crippen molar-refractivity contribution in [2.24, 2.45) is 5.92 Å². The lowest BCUT2D eigenvalue weighted by molar-refractivity contribution is 0.595. The zero-order valence-electron chi connectivity index (χ0n) is 16.3. The first-order valence-electron chi connectivity index (χ1n) is 10.1. The first-order valence-corrected chi connectivity index (χ1v) is 10.1. The van der Waals surface area contributed by atoms with Crippen molar-refractivity contribution in [3.63, 3.8) is 0 Å². The van der Waals surface area contributed by atoms with Gasteiger partial charge in [-0.05, 0) is 30.5 Å². The Bertz CT molecular complexity index is 825. The normalized spacial score (nSPS) is 28.9. The molecule has 1 N–H and O–H groups in total. The standard InChI is InChI=1S/C27H29N/c1-2-5-9-13-18-24(19-14-10-6-3-1)26-22-17-23-27(26)28-25-20-15-11-7-4-8-12-16-21-25/h1-16,18-21,26-28H,17,22-23H2/b2-1-,3-1?,5-2?,6-3-,7-4?,8-4?,9-5-,10-6?,11-7?,12-8?,13-9?,14-10-,15-11?,16-12?,18-13-,19-14?,20-15?,21-16?,24-18?,24-19+,25-20?,25-21?. The van der Waals surface area contributed by atoms with Gasteiger partial charge in [-0.25, -0.2) is 0 Å². The topological polar surface area (TPSA) is 12.0 Å². The van der Waals surface area contributed by atoms with Crippen molar-refractivity contribution < 1.29 is 0 Å². The van der Waals surface area contributed by atoms with E-state index in [2.05, 4.69) is 102 Å². The van der Waals surface area contributed by atoms with Gasteiger partial charge in [0.05, 0.1) is 0 Å². The van der Waals surface area contributed by atoms with Gasteiger partial charge in [0, 0.05) is 17.6 Å². The Kier molecular flexibility index (Phi) is 8.17. The molecule has 1 saturated carbocycles. The number of nitrogens with one attached hydrogen (secondary N) is 1. The van der Waals surface area contributed by atoms with Gasteiger partial charge < -0.3 is 5.32 Å². The smallest absolute Gasteiger partial charge is 0.0342 e. The van der Waals surface area contributed by atoms with E-state index in [9.17, 15) is 0 Å². The van der Waals surface area contributed by atoms with Crippen LogP contribution in [0.15, 0.2) is 127 Å². The zero-order chi connectivity index (χ0) is 19.3. The summed E-state index contributed by atoms with van der Waals surface area (Å²) in [6.07, 6.45) is 26.9. The highest BCUT2D eigenvalue weighted by molar-refractivity contribution is 5.44. The predicted molar refractivity (Wildman–Crippen MR) is 123 cm³/mol. The average molecular weight is 368 g/mol. The van der Waals surface area contributed by atoms with Crippen molar-refractivity contribution in [1.82, 2.24) is 0 Å². The van der Waals surface area contributed by atoms with Gasteiger partial charge in [0.25, 0.3) is 0 Å². The molecule has 0 radical (unpaired) electrons. The zero-order valence-corrected chi connectivity index (χ0v) is 16.3. The Balaban J connectivity index is 1.81. The second-order valence-electron chi connectivity index (χ2n) is 6.99. The van der Waals surface area contributed by atoms with Crippen LogP contribution in [-0.2, 0) is 0 Å². The van der Waals surface area contributed by atoms with E-state index in [0.29, 0.717) is 12.0 Å². The third kappa shape index (κ3) is 6.59. The fraction of sp³-hybridized carbons (Fsp3) is 0.185. The second kappa shape index (κ2) is 11.6. The van der Waals surface area contributed by atoms with Crippen LogP contribution in [0.2, 0.25) is 0 Å². The summed E-state index contributed by atoms with van der Waals surface area (Å²) in [7, 11) is 0. The van der Waals surface area contributed by atoms with Crippen molar-refractivity contribution >= 4 is 5.69 Å². The monoisotopic (exact) mass is 367 g/mol. The van der Waals surface area contributed by atoms with E-state index < -0.39 is 0 Å². The van der Waals surface area contributed by atoms with E-state index in [4.69, 9.17) is 0 Å². The minimum Gasteiger partial charge on any atom is -0.382 e. The molecule has 1 aromatic carbocycles. The quantitative estimate of drug-likeness (QED) is 0.600. The van der Waals surface area contributed by atoms with Crippen molar-refractivity contribution in [3.05, 3.63) is 127 Å². The van der Waals surface area contributed by atoms with Gasteiger partial charge in [-0.1, -0.05) is 116 Å². The fourth-order valence-corrected chi connectivity index (χ4v) is 3.62. The molecular weight excluding hydrogens is 338 g/mol. The molecule has 0 aromatic heterocycles. The Hall–Kier alpha value is -3.06. The number of hydrogen-bond acceptors (Lipinski definition) is 1. The van der Waals surface area contributed by atoms with Crippen molar-refractivity contribution in [1.29, 1.82) is 0 Å². The molecule has 2 atom stereocenters. The van der Waals surface area contributed by atoms with Crippen LogP contribution in [0.3, 0.4) is 0 Å². The molecule has 1 aromatic rings. The molecule has 142 valence electrons. The van der Waals surface area contributed by atoms with Crippen molar-refractivity contribution in [2.75, 3.05) is 5.32 Å². The van der Waals surface area contributed by atoms with Crippen LogP contribution in [0, 0.1) is 5.92 Å². The first kappa shape index (κ1) is 19.7. The minimum absolute atomic E-state index is 0.448. The minimum atomic E-state index is 0.448. The summed E-state index contributed by atoms with van der Waals surface area (Å²) in [4.78, 5) is 0. The summed E-state index contributed by atoms with van der Waals surface area (Å²) in [6, 6.07) is 19.2. The largest absolute Gasteiger partial charge is 0.382 e. The maximum atomic E-state index is 3.79. The van der Waals surface area contributed by atoms with Crippen LogP contribution in [0.4, 0.5) is 5.69 Å². The summed E-state index contributed by atoms with van der Waals surface area (Å²) in [6.45, 7) is 0. The first-order chi connectivity index (χ1) is 13.9. The van der Waals surface area contributed by atoms with Gasteiger partial charge in [-0.2, -0.15) is 0 Å². The van der Waals surface area contributed by atoms with E-state index in [1.54, 1.807) is 0 Å². The SMILES string of the molecule is C1=C\C=C/C=C\C(C2CCCC2Nc2ccccccccc2)=C/C=C\C=C/1. The molecule has 0 heterocycles. The van der Waals surface area contributed by atoms with Gasteiger partial charge in [0.2, 0.25) is 0 Å². The van der Waals surface area contributed by atoms with Crippen LogP contribution < -0.4 is 5.32 Å². The summed E-state index contributed by atoms with van der Waals surface area (Å²) < 4.78 is 0. The Morgan fingerprint density at radius 2 is 1.18 bits per heavy atom. The molecule has 2 aliphatic rings. The van der Waals surface area contributed by atoms with Gasteiger partial charge in [0.1, 0.15) is 0 Å². The summed E-state index contributed by atoms with van der Waals surface area (Å²) in [5.74, 6) is 0.515. The molecule has 28 heavy (non-hydrogen) atoms. The molecule has 0 saturated heterocycles. The third-order valence-corrected chi connectivity index (χ3v) is 4.98. The molecule has 3 rings (SSSR count). The lowest BCUT2D eigenvalue weighted by atomic mass is 9.92. The Labute approximate surface area is 169 Å². The van der Waals surface area contributed by atoms with E-state index in [1.807, 2.05) is 24.3 Å². The van der Waals surface area contributed by atoms with Gasteiger partial charge in [-0.15, -0.1) is 0 Å². The van der Waals surface area contributed by atoms with Crippen LogP contribution in [0.1, 0.15) is 19.3 Å². The highest BCUT2D eigenvalue weighted by atomic mass is 14.9.